The Bertz CT molecular complexity index is 364. The van der Waals surface area contributed by atoms with Crippen molar-refractivity contribution in [1.29, 1.82) is 0 Å². The van der Waals surface area contributed by atoms with Crippen molar-refractivity contribution in [2.45, 2.75) is 38.6 Å². The molecule has 0 spiro atoms. The van der Waals surface area contributed by atoms with E-state index in [4.69, 9.17) is 5.73 Å². The molecule has 0 bridgehead atoms. The fraction of sp³-hybridized carbons (Fsp3) is 0.533. The first-order valence-electron chi connectivity index (χ1n) is 6.60. The molecule has 0 fully saturated rings. The fourth-order valence-electron chi connectivity index (χ4n) is 1.98. The highest BCUT2D eigenvalue weighted by molar-refractivity contribution is 5.77. The van der Waals surface area contributed by atoms with Gasteiger partial charge in [0.1, 0.15) is 0 Å². The van der Waals surface area contributed by atoms with Gasteiger partial charge in [-0.1, -0.05) is 37.3 Å². The van der Waals surface area contributed by atoms with E-state index in [0.29, 0.717) is 18.9 Å². The van der Waals surface area contributed by atoms with Crippen LogP contribution in [-0.2, 0) is 4.79 Å². The van der Waals surface area contributed by atoms with Crippen LogP contribution in [0.15, 0.2) is 30.3 Å². The molecular formula is C15H24N2O. The lowest BCUT2D eigenvalue weighted by Crippen LogP contribution is -2.40. The van der Waals surface area contributed by atoms with E-state index in [1.165, 1.54) is 5.56 Å². The van der Waals surface area contributed by atoms with E-state index in [2.05, 4.69) is 19.1 Å². The first-order chi connectivity index (χ1) is 8.60. The predicted molar refractivity (Wildman–Crippen MR) is 75.4 cm³/mol. The zero-order valence-corrected chi connectivity index (χ0v) is 11.6. The van der Waals surface area contributed by atoms with Gasteiger partial charge in [0, 0.05) is 26.1 Å². The largest absolute Gasteiger partial charge is 0.342 e. The quantitative estimate of drug-likeness (QED) is 0.840. The van der Waals surface area contributed by atoms with E-state index in [0.717, 1.165) is 6.42 Å². The van der Waals surface area contributed by atoms with Gasteiger partial charge in [-0.2, -0.15) is 0 Å². The number of carbonyl (C=O) groups excluding carboxylic acids is 1. The molecule has 2 atom stereocenters. The molecule has 0 aliphatic carbocycles. The van der Waals surface area contributed by atoms with Crippen LogP contribution in [-0.4, -0.2) is 30.4 Å². The molecule has 3 heteroatoms. The van der Waals surface area contributed by atoms with E-state index >= 15 is 0 Å². The van der Waals surface area contributed by atoms with Crippen molar-refractivity contribution in [2.75, 3.05) is 13.6 Å². The average molecular weight is 248 g/mol. The molecular weight excluding hydrogens is 224 g/mol. The van der Waals surface area contributed by atoms with E-state index in [1.54, 1.807) is 4.90 Å². The maximum absolute atomic E-state index is 12.2. The Kier molecular flexibility index (Phi) is 5.86. The van der Waals surface area contributed by atoms with Crippen LogP contribution in [0.2, 0.25) is 0 Å². The number of hydrogen-bond acceptors (Lipinski definition) is 2. The van der Waals surface area contributed by atoms with E-state index < -0.39 is 0 Å². The predicted octanol–water partition coefficient (Wildman–Crippen LogP) is 2.38. The van der Waals surface area contributed by atoms with Crippen molar-refractivity contribution < 1.29 is 4.79 Å². The molecule has 1 rings (SSSR count). The highest BCUT2D eigenvalue weighted by atomic mass is 16.2. The molecule has 0 aliphatic heterocycles. The Hall–Kier alpha value is -1.35. The number of nitrogens with zero attached hydrogens (tertiary/aromatic N) is 1. The van der Waals surface area contributed by atoms with Crippen molar-refractivity contribution in [2.24, 2.45) is 5.73 Å². The highest BCUT2D eigenvalue weighted by Crippen LogP contribution is 2.23. The maximum atomic E-state index is 12.2. The average Bonchev–Trinajstić information content (AvgIpc) is 2.43. The second-order valence-electron chi connectivity index (χ2n) is 4.81. The molecule has 0 aliphatic rings. The van der Waals surface area contributed by atoms with Gasteiger partial charge >= 0.3 is 0 Å². The van der Waals surface area contributed by atoms with Crippen LogP contribution < -0.4 is 5.73 Å². The minimum atomic E-state index is 0.103. The summed E-state index contributed by atoms with van der Waals surface area (Å²) >= 11 is 0. The number of benzene rings is 1. The molecule has 1 aromatic rings. The van der Waals surface area contributed by atoms with Crippen molar-refractivity contribution >= 4 is 5.91 Å². The lowest BCUT2D eigenvalue weighted by molar-refractivity contribution is -0.131. The van der Waals surface area contributed by atoms with Crippen LogP contribution in [0.4, 0.5) is 0 Å². The lowest BCUT2D eigenvalue weighted by atomic mass is 9.92. The van der Waals surface area contributed by atoms with Crippen molar-refractivity contribution in [3.63, 3.8) is 0 Å². The molecule has 0 saturated heterocycles. The monoisotopic (exact) mass is 248 g/mol. The van der Waals surface area contributed by atoms with Gasteiger partial charge in [0.2, 0.25) is 5.91 Å². The van der Waals surface area contributed by atoms with Crippen molar-refractivity contribution in [3.05, 3.63) is 35.9 Å². The Morgan fingerprint density at radius 3 is 2.44 bits per heavy atom. The third-order valence-electron chi connectivity index (χ3n) is 3.58. The zero-order chi connectivity index (χ0) is 13.5. The van der Waals surface area contributed by atoms with Crippen LogP contribution in [0.1, 0.15) is 38.2 Å². The molecule has 100 valence electrons. The fourth-order valence-corrected chi connectivity index (χ4v) is 1.98. The lowest BCUT2D eigenvalue weighted by Gasteiger charge is -2.26. The highest BCUT2D eigenvalue weighted by Gasteiger charge is 2.19. The standard InChI is InChI=1S/C15H24N2O/c1-4-13(14-8-6-5-7-9-14)10-15(18)17(3)12(2)11-16/h5-9,12-13H,4,10-11,16H2,1-3H3/t12-,13+/m0/s1. The normalized spacial score (nSPS) is 14.0. The minimum absolute atomic E-state index is 0.103. The van der Waals surface area contributed by atoms with Gasteiger partial charge < -0.3 is 10.6 Å². The zero-order valence-electron chi connectivity index (χ0n) is 11.6. The molecule has 2 N–H and O–H groups in total. The number of likely N-dealkylation sites (N-methyl/N-ethyl adjacent to an activating group) is 1. The topological polar surface area (TPSA) is 46.3 Å². The summed E-state index contributed by atoms with van der Waals surface area (Å²) in [6.07, 6.45) is 1.53. The molecule has 1 amide bonds. The number of carbonyl (C=O) groups is 1. The summed E-state index contributed by atoms with van der Waals surface area (Å²) in [5, 5.41) is 0. The number of nitrogens with two attached hydrogens (primary N) is 1. The number of rotatable bonds is 6. The summed E-state index contributed by atoms with van der Waals surface area (Å²) in [5.41, 5.74) is 6.83. The van der Waals surface area contributed by atoms with Crippen molar-refractivity contribution in [3.8, 4) is 0 Å². The molecule has 0 aromatic heterocycles. The molecule has 0 heterocycles. The van der Waals surface area contributed by atoms with Crippen LogP contribution in [0.5, 0.6) is 0 Å². The summed E-state index contributed by atoms with van der Waals surface area (Å²) in [6, 6.07) is 10.3. The first kappa shape index (κ1) is 14.7. The minimum Gasteiger partial charge on any atom is -0.342 e. The molecule has 18 heavy (non-hydrogen) atoms. The van der Waals surface area contributed by atoms with Gasteiger partial charge in [-0.05, 0) is 24.8 Å². The van der Waals surface area contributed by atoms with Gasteiger partial charge in [-0.15, -0.1) is 0 Å². The SMILES string of the molecule is CC[C@H](CC(=O)N(C)[C@@H](C)CN)c1ccccc1. The number of hydrogen-bond donors (Lipinski definition) is 1. The van der Waals surface area contributed by atoms with Crippen LogP contribution in [0.3, 0.4) is 0 Å². The van der Waals surface area contributed by atoms with Crippen molar-refractivity contribution in [1.82, 2.24) is 4.90 Å². The van der Waals surface area contributed by atoms with E-state index in [1.807, 2.05) is 32.2 Å². The Labute approximate surface area is 110 Å². The second kappa shape index (κ2) is 7.17. The van der Waals surface area contributed by atoms with Crippen LogP contribution in [0, 0.1) is 0 Å². The van der Waals surface area contributed by atoms with Gasteiger partial charge in [0.25, 0.3) is 0 Å². The maximum Gasteiger partial charge on any atom is 0.223 e. The summed E-state index contributed by atoms with van der Waals surface area (Å²) in [5.74, 6) is 0.467. The summed E-state index contributed by atoms with van der Waals surface area (Å²) in [7, 11) is 1.83. The summed E-state index contributed by atoms with van der Waals surface area (Å²) in [4.78, 5) is 13.9. The Morgan fingerprint density at radius 1 is 1.33 bits per heavy atom. The molecule has 0 radical (unpaired) electrons. The number of amides is 1. The third-order valence-corrected chi connectivity index (χ3v) is 3.58. The van der Waals surface area contributed by atoms with Gasteiger partial charge in [0.15, 0.2) is 0 Å². The molecule has 3 nitrogen and oxygen atoms in total. The molecule has 1 aromatic carbocycles. The van der Waals surface area contributed by atoms with Gasteiger partial charge in [0.05, 0.1) is 0 Å². The summed E-state index contributed by atoms with van der Waals surface area (Å²) in [6.45, 7) is 4.60. The Morgan fingerprint density at radius 2 is 1.94 bits per heavy atom. The first-order valence-corrected chi connectivity index (χ1v) is 6.60. The second-order valence-corrected chi connectivity index (χ2v) is 4.81. The van der Waals surface area contributed by atoms with E-state index in [-0.39, 0.29) is 11.9 Å². The van der Waals surface area contributed by atoms with Gasteiger partial charge in [-0.25, -0.2) is 0 Å². The van der Waals surface area contributed by atoms with Crippen LogP contribution in [0.25, 0.3) is 0 Å². The van der Waals surface area contributed by atoms with Gasteiger partial charge in [-0.3, -0.25) is 4.79 Å². The molecule has 0 unspecified atom stereocenters. The third kappa shape index (κ3) is 3.84. The molecule has 0 saturated carbocycles. The van der Waals surface area contributed by atoms with Crippen LogP contribution >= 0.6 is 0 Å². The summed E-state index contributed by atoms with van der Waals surface area (Å²) < 4.78 is 0. The Balaban J connectivity index is 2.67. The smallest absolute Gasteiger partial charge is 0.223 e. The van der Waals surface area contributed by atoms with E-state index in [9.17, 15) is 4.79 Å².